The Morgan fingerprint density at radius 1 is 1.26 bits per heavy atom. The second-order valence-electron chi connectivity index (χ2n) is 5.13. The van der Waals surface area contributed by atoms with E-state index < -0.39 is 0 Å². The number of aromatic amines is 1. The smallest absolute Gasteiger partial charge is 0.0921 e. The summed E-state index contributed by atoms with van der Waals surface area (Å²) in [5, 5.41) is 0. The van der Waals surface area contributed by atoms with Crippen LogP contribution in [0, 0.1) is 13.8 Å². The van der Waals surface area contributed by atoms with Crippen LogP contribution in [-0.2, 0) is 0 Å². The summed E-state index contributed by atoms with van der Waals surface area (Å²) in [5.41, 5.74) is 10.9. The monoisotopic (exact) mass is 257 g/mol. The third-order valence-corrected chi connectivity index (χ3v) is 3.86. The minimum atomic E-state index is 0.397. The van der Waals surface area contributed by atoms with Crippen LogP contribution in [-0.4, -0.2) is 16.5 Å². The molecule has 2 rings (SSSR count). The summed E-state index contributed by atoms with van der Waals surface area (Å²) in [7, 11) is 0. The number of nitrogens with zero attached hydrogens (tertiary/aromatic N) is 1. The number of imidazole rings is 1. The molecule has 0 radical (unpaired) electrons. The lowest BCUT2D eigenvalue weighted by Gasteiger charge is -2.19. The Kier molecular flexibility index (Phi) is 4.74. The molecule has 3 heteroatoms. The van der Waals surface area contributed by atoms with Crippen molar-refractivity contribution in [3.05, 3.63) is 53.1 Å². The Balaban J connectivity index is 2.29. The van der Waals surface area contributed by atoms with Crippen LogP contribution in [0.4, 0.5) is 0 Å². The number of nitrogens with one attached hydrogen (secondary N) is 1. The minimum Gasteiger partial charge on any atom is -0.348 e. The highest BCUT2D eigenvalue weighted by atomic mass is 14.9. The maximum atomic E-state index is 5.61. The highest BCUT2D eigenvalue weighted by molar-refractivity contribution is 5.39. The van der Waals surface area contributed by atoms with E-state index in [1.807, 2.05) is 6.20 Å². The normalized spacial score (nSPS) is 12.6. The SMILES string of the molecule is Cc1cccc(C(CCCCN)c2cnc[nH]2)c1C. The molecule has 2 aromatic rings. The lowest BCUT2D eigenvalue weighted by atomic mass is 9.86. The molecular weight excluding hydrogens is 234 g/mol. The molecule has 1 aromatic heterocycles. The van der Waals surface area contributed by atoms with Gasteiger partial charge >= 0.3 is 0 Å². The predicted molar refractivity (Wildman–Crippen MR) is 79.3 cm³/mol. The summed E-state index contributed by atoms with van der Waals surface area (Å²) < 4.78 is 0. The van der Waals surface area contributed by atoms with Crippen LogP contribution >= 0.6 is 0 Å². The molecule has 0 aliphatic carbocycles. The van der Waals surface area contributed by atoms with Gasteiger partial charge in [-0.1, -0.05) is 24.6 Å². The van der Waals surface area contributed by atoms with E-state index in [4.69, 9.17) is 5.73 Å². The average molecular weight is 257 g/mol. The third-order valence-electron chi connectivity index (χ3n) is 3.86. The van der Waals surface area contributed by atoms with Gasteiger partial charge in [-0.3, -0.25) is 0 Å². The molecule has 0 saturated carbocycles. The molecule has 0 aliphatic heterocycles. The summed E-state index contributed by atoms with van der Waals surface area (Å²) in [4.78, 5) is 7.44. The molecule has 3 N–H and O–H groups in total. The van der Waals surface area contributed by atoms with E-state index in [1.165, 1.54) is 22.4 Å². The molecule has 1 heterocycles. The van der Waals surface area contributed by atoms with E-state index in [1.54, 1.807) is 6.33 Å². The van der Waals surface area contributed by atoms with Crippen molar-refractivity contribution < 1.29 is 0 Å². The van der Waals surface area contributed by atoms with E-state index >= 15 is 0 Å². The molecule has 0 bridgehead atoms. The Morgan fingerprint density at radius 2 is 2.11 bits per heavy atom. The predicted octanol–water partition coefficient (Wildman–Crippen LogP) is 3.29. The molecule has 0 saturated heterocycles. The number of nitrogens with two attached hydrogens (primary N) is 1. The van der Waals surface area contributed by atoms with E-state index in [9.17, 15) is 0 Å². The quantitative estimate of drug-likeness (QED) is 0.780. The zero-order valence-corrected chi connectivity index (χ0v) is 11.8. The van der Waals surface area contributed by atoms with Gasteiger partial charge in [0.2, 0.25) is 0 Å². The minimum absolute atomic E-state index is 0.397. The van der Waals surface area contributed by atoms with Gasteiger partial charge in [-0.25, -0.2) is 4.98 Å². The van der Waals surface area contributed by atoms with Crippen LogP contribution in [0.25, 0.3) is 0 Å². The summed E-state index contributed by atoms with van der Waals surface area (Å²) in [6.45, 7) is 5.14. The molecule has 3 nitrogen and oxygen atoms in total. The zero-order valence-electron chi connectivity index (χ0n) is 11.8. The lowest BCUT2D eigenvalue weighted by molar-refractivity contribution is 0.621. The fourth-order valence-electron chi connectivity index (χ4n) is 2.58. The largest absolute Gasteiger partial charge is 0.348 e. The van der Waals surface area contributed by atoms with Crippen LogP contribution in [0.3, 0.4) is 0 Å². The second-order valence-corrected chi connectivity index (χ2v) is 5.13. The van der Waals surface area contributed by atoms with Crippen molar-refractivity contribution in [2.45, 2.75) is 39.0 Å². The van der Waals surface area contributed by atoms with Crippen LogP contribution in [0.2, 0.25) is 0 Å². The number of unbranched alkanes of at least 4 members (excludes halogenated alkanes) is 1. The summed E-state index contributed by atoms with van der Waals surface area (Å²) in [5.74, 6) is 0.397. The highest BCUT2D eigenvalue weighted by Crippen LogP contribution is 2.31. The second kappa shape index (κ2) is 6.53. The van der Waals surface area contributed by atoms with Gasteiger partial charge in [0, 0.05) is 17.8 Å². The molecule has 0 fully saturated rings. The van der Waals surface area contributed by atoms with Crippen molar-refractivity contribution in [1.29, 1.82) is 0 Å². The fourth-order valence-corrected chi connectivity index (χ4v) is 2.58. The highest BCUT2D eigenvalue weighted by Gasteiger charge is 2.17. The van der Waals surface area contributed by atoms with Gasteiger partial charge in [0.05, 0.1) is 6.33 Å². The molecule has 0 amide bonds. The van der Waals surface area contributed by atoms with Crippen LogP contribution in [0.15, 0.2) is 30.7 Å². The topological polar surface area (TPSA) is 54.7 Å². The molecule has 102 valence electrons. The number of hydrogen-bond acceptors (Lipinski definition) is 2. The first kappa shape index (κ1) is 13.8. The number of hydrogen-bond donors (Lipinski definition) is 2. The Bertz CT molecular complexity index is 503. The van der Waals surface area contributed by atoms with E-state index in [2.05, 4.69) is 42.0 Å². The van der Waals surface area contributed by atoms with Crippen LogP contribution in [0.5, 0.6) is 0 Å². The molecule has 0 aliphatic rings. The summed E-state index contributed by atoms with van der Waals surface area (Å²) in [6.07, 6.45) is 7.04. The molecule has 1 unspecified atom stereocenters. The zero-order chi connectivity index (χ0) is 13.7. The number of H-pyrrole nitrogens is 1. The van der Waals surface area contributed by atoms with Crippen molar-refractivity contribution >= 4 is 0 Å². The van der Waals surface area contributed by atoms with Crippen LogP contribution < -0.4 is 5.73 Å². The molecular formula is C16H23N3. The van der Waals surface area contributed by atoms with Gasteiger partial charge in [-0.2, -0.15) is 0 Å². The third kappa shape index (κ3) is 3.24. The van der Waals surface area contributed by atoms with Crippen molar-refractivity contribution in [2.24, 2.45) is 5.73 Å². The van der Waals surface area contributed by atoms with Gasteiger partial charge in [-0.15, -0.1) is 0 Å². The number of benzene rings is 1. The standard InChI is InChI=1S/C16H23N3/c1-12-6-5-8-14(13(12)2)15(7-3-4-9-17)16-10-18-11-19-16/h5-6,8,10-11,15H,3-4,7,9,17H2,1-2H3,(H,18,19). The van der Waals surface area contributed by atoms with Crippen molar-refractivity contribution in [1.82, 2.24) is 9.97 Å². The maximum Gasteiger partial charge on any atom is 0.0921 e. The van der Waals surface area contributed by atoms with Crippen molar-refractivity contribution in [2.75, 3.05) is 6.54 Å². The molecule has 1 atom stereocenters. The number of aromatic nitrogens is 2. The first-order valence-corrected chi connectivity index (χ1v) is 6.98. The fraction of sp³-hybridized carbons (Fsp3) is 0.438. The van der Waals surface area contributed by atoms with Gasteiger partial charge < -0.3 is 10.7 Å². The van der Waals surface area contributed by atoms with E-state index in [0.717, 1.165) is 25.8 Å². The number of aryl methyl sites for hydroxylation is 1. The van der Waals surface area contributed by atoms with Gasteiger partial charge in [0.15, 0.2) is 0 Å². The molecule has 19 heavy (non-hydrogen) atoms. The van der Waals surface area contributed by atoms with Crippen molar-refractivity contribution in [3.8, 4) is 0 Å². The summed E-state index contributed by atoms with van der Waals surface area (Å²) in [6, 6.07) is 6.54. The van der Waals surface area contributed by atoms with E-state index in [-0.39, 0.29) is 0 Å². The first-order valence-electron chi connectivity index (χ1n) is 6.98. The summed E-state index contributed by atoms with van der Waals surface area (Å²) >= 11 is 0. The first-order chi connectivity index (χ1) is 9.24. The van der Waals surface area contributed by atoms with Crippen LogP contribution in [0.1, 0.15) is 47.6 Å². The Hall–Kier alpha value is -1.61. The molecule has 1 aromatic carbocycles. The maximum absolute atomic E-state index is 5.61. The van der Waals surface area contributed by atoms with E-state index in [0.29, 0.717) is 5.92 Å². The molecule has 0 spiro atoms. The van der Waals surface area contributed by atoms with Gasteiger partial charge in [0.1, 0.15) is 0 Å². The van der Waals surface area contributed by atoms with Crippen molar-refractivity contribution in [3.63, 3.8) is 0 Å². The average Bonchev–Trinajstić information content (AvgIpc) is 2.92. The lowest BCUT2D eigenvalue weighted by Crippen LogP contribution is -2.06. The Morgan fingerprint density at radius 3 is 2.79 bits per heavy atom. The number of rotatable bonds is 6. The Labute approximate surface area is 115 Å². The van der Waals surface area contributed by atoms with Gasteiger partial charge in [0.25, 0.3) is 0 Å². The van der Waals surface area contributed by atoms with Gasteiger partial charge in [-0.05, 0) is 49.9 Å².